The first kappa shape index (κ1) is 25.6. The van der Waals surface area contributed by atoms with Gasteiger partial charge in [0.2, 0.25) is 5.91 Å². The number of carbonyl (C=O) groups excluding carboxylic acids is 1. The molecule has 2 unspecified atom stereocenters. The number of carbonyl (C=O) groups is 2. The number of nitrogens with one attached hydrogen (secondary N) is 1. The topological polar surface area (TPSA) is 86.6 Å². The predicted molar refractivity (Wildman–Crippen MR) is 111 cm³/mol. The molecule has 158 valence electrons. The number of amides is 1. The molecule has 0 saturated heterocycles. The summed E-state index contributed by atoms with van der Waals surface area (Å²) < 4.78 is 0. The fraction of sp³-hybridized carbons (Fsp3) is 0.818. The molecule has 0 aliphatic carbocycles. The normalized spacial score (nSPS) is 13.6. The Hall–Kier alpha value is -1.36. The van der Waals surface area contributed by atoms with Gasteiger partial charge >= 0.3 is 5.97 Å². The molecule has 27 heavy (non-hydrogen) atoms. The highest BCUT2D eigenvalue weighted by molar-refractivity contribution is 5.84. The van der Waals surface area contributed by atoms with Crippen LogP contribution in [0, 0.1) is 5.92 Å². The van der Waals surface area contributed by atoms with Crippen molar-refractivity contribution < 1.29 is 19.8 Å². The van der Waals surface area contributed by atoms with Gasteiger partial charge < -0.3 is 15.5 Å². The Morgan fingerprint density at radius 3 is 1.93 bits per heavy atom. The van der Waals surface area contributed by atoms with E-state index >= 15 is 0 Å². The minimum atomic E-state index is -1.21. The van der Waals surface area contributed by atoms with Gasteiger partial charge in [-0.1, -0.05) is 77.4 Å². The average Bonchev–Trinajstić information content (AvgIpc) is 2.65. The smallest absolute Gasteiger partial charge is 0.328 e. The maximum absolute atomic E-state index is 11.9. The summed E-state index contributed by atoms with van der Waals surface area (Å²) in [5.41, 5.74) is 0. The van der Waals surface area contributed by atoms with Crippen molar-refractivity contribution in [1.82, 2.24) is 5.32 Å². The highest BCUT2D eigenvalue weighted by atomic mass is 16.4. The van der Waals surface area contributed by atoms with Gasteiger partial charge in [-0.05, 0) is 32.1 Å². The van der Waals surface area contributed by atoms with Gasteiger partial charge in [-0.15, -0.1) is 0 Å². The molecular weight excluding hydrogens is 342 g/mol. The summed E-state index contributed by atoms with van der Waals surface area (Å²) in [6.45, 7) is 3.46. The lowest BCUT2D eigenvalue weighted by molar-refractivity contribution is -0.143. The molecule has 0 aromatic heterocycles. The quantitative estimate of drug-likeness (QED) is 0.234. The summed E-state index contributed by atoms with van der Waals surface area (Å²) in [4.78, 5) is 22.7. The standard InChI is InChI=1S/C22H41NO4/c1-3-4-5-6-7-8-9-10-11-12-13-14-15-16-17-19(2)21(25)23-20(18-24)22(26)27/h10-11,19-20,24H,3-9,12-18H2,1-2H3,(H,23,25)(H,26,27). The summed E-state index contributed by atoms with van der Waals surface area (Å²) in [6, 6.07) is -1.21. The van der Waals surface area contributed by atoms with E-state index in [1.807, 2.05) is 0 Å². The van der Waals surface area contributed by atoms with Gasteiger partial charge in [0.15, 0.2) is 0 Å². The summed E-state index contributed by atoms with van der Waals surface area (Å²) >= 11 is 0. The molecule has 0 saturated carbocycles. The highest BCUT2D eigenvalue weighted by Gasteiger charge is 2.21. The van der Waals surface area contributed by atoms with Gasteiger partial charge in [-0.2, -0.15) is 0 Å². The summed E-state index contributed by atoms with van der Waals surface area (Å²) in [7, 11) is 0. The van der Waals surface area contributed by atoms with Gasteiger partial charge in [0.25, 0.3) is 0 Å². The van der Waals surface area contributed by atoms with Crippen LogP contribution in [0.25, 0.3) is 0 Å². The third-order valence-corrected chi connectivity index (χ3v) is 4.89. The van der Waals surface area contributed by atoms with Gasteiger partial charge in [0, 0.05) is 5.92 Å². The molecule has 0 aliphatic rings. The largest absolute Gasteiger partial charge is 0.480 e. The molecule has 0 aromatic carbocycles. The molecule has 0 aromatic rings. The van der Waals surface area contributed by atoms with E-state index in [9.17, 15) is 9.59 Å². The fourth-order valence-corrected chi connectivity index (χ4v) is 2.98. The lowest BCUT2D eigenvalue weighted by Gasteiger charge is -2.16. The maximum atomic E-state index is 11.9. The van der Waals surface area contributed by atoms with E-state index in [2.05, 4.69) is 24.4 Å². The van der Waals surface area contributed by atoms with Gasteiger partial charge in [-0.25, -0.2) is 4.79 Å². The highest BCUT2D eigenvalue weighted by Crippen LogP contribution is 2.12. The Bertz CT molecular complexity index is 409. The first-order valence-electron chi connectivity index (χ1n) is 10.8. The molecular formula is C22H41NO4. The number of carboxylic acid groups (broad SMARTS) is 1. The number of hydrogen-bond acceptors (Lipinski definition) is 3. The zero-order chi connectivity index (χ0) is 20.3. The molecule has 3 N–H and O–H groups in total. The van der Waals surface area contributed by atoms with Crippen molar-refractivity contribution in [3.05, 3.63) is 12.2 Å². The van der Waals surface area contributed by atoms with E-state index in [1.54, 1.807) is 6.92 Å². The molecule has 0 aliphatic heterocycles. The molecule has 5 heteroatoms. The molecule has 2 atom stereocenters. The number of carboxylic acids is 1. The van der Waals surface area contributed by atoms with Crippen molar-refractivity contribution in [3.8, 4) is 0 Å². The number of rotatable bonds is 18. The monoisotopic (exact) mass is 383 g/mol. The average molecular weight is 384 g/mol. The number of allylic oxidation sites excluding steroid dienone is 2. The second kappa shape index (κ2) is 18.0. The third-order valence-electron chi connectivity index (χ3n) is 4.89. The molecule has 0 fully saturated rings. The SMILES string of the molecule is CCCCCCCCC=CCCCCCCC(C)C(=O)NC(CO)C(=O)O. The molecule has 5 nitrogen and oxygen atoms in total. The van der Waals surface area contributed by atoms with Gasteiger partial charge in [0.1, 0.15) is 6.04 Å². The number of unbranched alkanes of at least 4 members (excludes halogenated alkanes) is 10. The lowest BCUT2D eigenvalue weighted by Crippen LogP contribution is -2.45. The maximum Gasteiger partial charge on any atom is 0.328 e. The first-order chi connectivity index (χ1) is 13.0. The Kier molecular flexibility index (Phi) is 17.1. The summed E-state index contributed by atoms with van der Waals surface area (Å²) in [5.74, 6) is -1.73. The van der Waals surface area contributed by atoms with Crippen LogP contribution in [0.4, 0.5) is 0 Å². The number of hydrogen-bond donors (Lipinski definition) is 3. The zero-order valence-corrected chi connectivity index (χ0v) is 17.4. The van der Waals surface area contributed by atoms with Crippen LogP contribution in [-0.4, -0.2) is 34.7 Å². The molecule has 0 rings (SSSR count). The number of aliphatic hydroxyl groups excluding tert-OH is 1. The van der Waals surface area contributed by atoms with E-state index in [1.165, 1.54) is 51.4 Å². The summed E-state index contributed by atoms with van der Waals surface area (Å²) in [6.07, 6.45) is 20.1. The Balaban J connectivity index is 3.53. The van der Waals surface area contributed by atoms with Crippen LogP contribution in [-0.2, 0) is 9.59 Å². The third kappa shape index (κ3) is 15.4. The van der Waals surface area contributed by atoms with Crippen LogP contribution < -0.4 is 5.32 Å². The van der Waals surface area contributed by atoms with Crippen molar-refractivity contribution in [3.63, 3.8) is 0 Å². The van der Waals surface area contributed by atoms with Crippen LogP contribution in [0.5, 0.6) is 0 Å². The minimum Gasteiger partial charge on any atom is -0.480 e. The second-order valence-corrected chi connectivity index (χ2v) is 7.50. The van der Waals surface area contributed by atoms with E-state index in [0.29, 0.717) is 0 Å². The Labute approximate surface area is 165 Å². The second-order valence-electron chi connectivity index (χ2n) is 7.50. The van der Waals surface area contributed by atoms with E-state index in [-0.39, 0.29) is 11.8 Å². The molecule has 0 heterocycles. The van der Waals surface area contributed by atoms with Crippen molar-refractivity contribution >= 4 is 11.9 Å². The van der Waals surface area contributed by atoms with E-state index < -0.39 is 18.6 Å². The first-order valence-corrected chi connectivity index (χ1v) is 10.8. The van der Waals surface area contributed by atoms with Gasteiger partial charge in [-0.3, -0.25) is 4.79 Å². The van der Waals surface area contributed by atoms with Crippen LogP contribution in [0.2, 0.25) is 0 Å². The van der Waals surface area contributed by atoms with E-state index in [0.717, 1.165) is 32.1 Å². The predicted octanol–water partition coefficient (Wildman–Crippen LogP) is 4.83. The van der Waals surface area contributed by atoms with Crippen LogP contribution in [0.15, 0.2) is 12.2 Å². The van der Waals surface area contributed by atoms with Crippen molar-refractivity contribution in [2.45, 2.75) is 103 Å². The van der Waals surface area contributed by atoms with Crippen LogP contribution >= 0.6 is 0 Å². The zero-order valence-electron chi connectivity index (χ0n) is 17.4. The fourth-order valence-electron chi connectivity index (χ4n) is 2.98. The number of aliphatic hydroxyl groups is 1. The van der Waals surface area contributed by atoms with Crippen LogP contribution in [0.3, 0.4) is 0 Å². The van der Waals surface area contributed by atoms with Crippen molar-refractivity contribution in [1.29, 1.82) is 0 Å². The lowest BCUT2D eigenvalue weighted by atomic mass is 10.0. The Morgan fingerprint density at radius 2 is 1.41 bits per heavy atom. The minimum absolute atomic E-state index is 0.226. The van der Waals surface area contributed by atoms with Crippen LogP contribution in [0.1, 0.15) is 97.3 Å². The number of aliphatic carboxylic acids is 1. The molecule has 1 amide bonds. The molecule has 0 bridgehead atoms. The van der Waals surface area contributed by atoms with Crippen molar-refractivity contribution in [2.75, 3.05) is 6.61 Å². The summed E-state index contributed by atoms with van der Waals surface area (Å²) in [5, 5.41) is 20.1. The Morgan fingerprint density at radius 1 is 0.889 bits per heavy atom. The molecule has 0 spiro atoms. The van der Waals surface area contributed by atoms with Gasteiger partial charge in [0.05, 0.1) is 6.61 Å². The van der Waals surface area contributed by atoms with Crippen molar-refractivity contribution in [2.24, 2.45) is 5.92 Å². The molecule has 0 radical (unpaired) electrons. The van der Waals surface area contributed by atoms with E-state index in [4.69, 9.17) is 10.2 Å².